The van der Waals surface area contributed by atoms with Crippen LogP contribution in [0.4, 0.5) is 13.2 Å². The topological polar surface area (TPSA) is 79.1 Å². The van der Waals surface area contributed by atoms with Crippen LogP contribution in [-0.2, 0) is 27.2 Å². The molecule has 0 aliphatic carbocycles. The summed E-state index contributed by atoms with van der Waals surface area (Å²) in [5.74, 6) is 0. The molecule has 10 heteroatoms. The monoisotopic (exact) mass is 449 g/mol. The van der Waals surface area contributed by atoms with Gasteiger partial charge in [-0.25, -0.2) is 0 Å². The molecule has 0 heterocycles. The van der Waals surface area contributed by atoms with Gasteiger partial charge in [0.05, 0.1) is 13.1 Å². The van der Waals surface area contributed by atoms with E-state index in [2.05, 4.69) is 9.98 Å². The van der Waals surface area contributed by atoms with Gasteiger partial charge in [-0.05, 0) is 11.1 Å². The average Bonchev–Trinajstić information content (AvgIpc) is 2.59. The Morgan fingerprint density at radius 1 is 0.815 bits per heavy atom. The molecule has 0 saturated heterocycles. The molecule has 0 aliphatic heterocycles. The Morgan fingerprint density at radius 3 is 1.37 bits per heavy atom. The Balaban J connectivity index is 0.000000645. The van der Waals surface area contributed by atoms with Crippen LogP contribution in [0.3, 0.4) is 0 Å². The Labute approximate surface area is 166 Å². The summed E-state index contributed by atoms with van der Waals surface area (Å²) in [7, 11) is -5.84. The minimum atomic E-state index is -5.84. The van der Waals surface area contributed by atoms with Crippen molar-refractivity contribution in [1.29, 1.82) is 0 Å². The van der Waals surface area contributed by atoms with Crippen LogP contribution in [0.5, 0.6) is 0 Å². The molecule has 0 saturated carbocycles. The number of benzene rings is 2. The van der Waals surface area contributed by atoms with Gasteiger partial charge in [0, 0.05) is 29.5 Å². The van der Waals surface area contributed by atoms with E-state index in [1.165, 1.54) is 0 Å². The van der Waals surface area contributed by atoms with Gasteiger partial charge in [0.25, 0.3) is 0 Å². The Kier molecular flexibility index (Phi) is 11.5. The van der Waals surface area contributed by atoms with Crippen molar-refractivity contribution in [2.45, 2.75) is 5.51 Å². The predicted molar refractivity (Wildman–Crippen MR) is 95.4 cm³/mol. The zero-order valence-electron chi connectivity index (χ0n) is 13.8. The number of nitrogens with zero attached hydrogens (tertiary/aromatic N) is 2. The largest absolute Gasteiger partial charge is 0.522 e. The maximum Gasteiger partial charge on any atom is 0.522 e. The van der Waals surface area contributed by atoms with Gasteiger partial charge in [0.15, 0.2) is 0 Å². The predicted octanol–water partition coefficient (Wildman–Crippen LogP) is 3.62. The Hall–Kier alpha value is -2.00. The molecule has 0 spiro atoms. The molecule has 2 aromatic carbocycles. The van der Waals surface area contributed by atoms with E-state index in [9.17, 15) is 13.2 Å². The van der Waals surface area contributed by atoms with Crippen molar-refractivity contribution in [3.05, 3.63) is 71.8 Å². The number of rotatable bonds is 5. The molecule has 0 fully saturated rings. The summed E-state index contributed by atoms with van der Waals surface area (Å²) in [6, 6.07) is 20.2. The first-order valence-electron chi connectivity index (χ1n) is 7.33. The van der Waals surface area contributed by atoms with Gasteiger partial charge in [0.1, 0.15) is 0 Å². The van der Waals surface area contributed by atoms with Crippen LogP contribution in [-0.4, -0.2) is 44.0 Å². The number of aliphatic imine (C=N–C) groups is 2. The molecule has 27 heavy (non-hydrogen) atoms. The number of hydrogen-bond acceptors (Lipinski definition) is 4. The standard InChI is InChI=1S/C16H16N2.CHF3O3S.Cu/c1-3-7-15(8-4-1)13-17-11-12-18-14-16-9-5-2-6-10-16;2-1(3,4)8(5,6)7;/h1-10,13-14H,11-12H2;(H,5,6,7);. The summed E-state index contributed by atoms with van der Waals surface area (Å²) in [5.41, 5.74) is -3.28. The smallest absolute Gasteiger partial charge is 0.291 e. The number of alkyl halides is 3. The van der Waals surface area contributed by atoms with Crippen LogP contribution in [0.1, 0.15) is 11.1 Å². The normalized spacial score (nSPS) is 11.7. The molecule has 151 valence electrons. The minimum absolute atomic E-state index is 0. The van der Waals surface area contributed by atoms with E-state index in [4.69, 9.17) is 13.0 Å². The van der Waals surface area contributed by atoms with Gasteiger partial charge in [0.2, 0.25) is 0 Å². The van der Waals surface area contributed by atoms with Gasteiger partial charge in [-0.1, -0.05) is 60.7 Å². The average molecular weight is 450 g/mol. The van der Waals surface area contributed by atoms with Crippen molar-refractivity contribution in [1.82, 2.24) is 0 Å². The third kappa shape index (κ3) is 11.3. The van der Waals surface area contributed by atoms with Gasteiger partial charge in [-0.3, -0.25) is 14.5 Å². The fourth-order valence-corrected chi connectivity index (χ4v) is 1.53. The Morgan fingerprint density at radius 2 is 1.11 bits per heavy atom. The first kappa shape index (κ1) is 25.0. The fourth-order valence-electron chi connectivity index (χ4n) is 1.53. The zero-order valence-corrected chi connectivity index (χ0v) is 15.6. The van der Waals surface area contributed by atoms with E-state index in [0.717, 1.165) is 24.2 Å². The summed E-state index contributed by atoms with van der Waals surface area (Å²) in [6.45, 7) is 1.44. The molecule has 0 aliphatic rings. The number of hydrogen-bond donors (Lipinski definition) is 1. The molecule has 5 nitrogen and oxygen atoms in total. The maximum absolute atomic E-state index is 10.7. The van der Waals surface area contributed by atoms with Gasteiger partial charge in [-0.15, -0.1) is 0 Å². The van der Waals surface area contributed by atoms with Crippen LogP contribution in [0.2, 0.25) is 0 Å². The summed E-state index contributed by atoms with van der Waals surface area (Å²) in [5, 5.41) is 0. The SMILES string of the molecule is C(=NCCN=Cc1ccccc1)c1ccccc1.O=S(=O)(O)C(F)(F)F.[Cu]. The summed E-state index contributed by atoms with van der Waals surface area (Å²) < 4.78 is 57.5. The van der Waals surface area contributed by atoms with Crippen molar-refractivity contribution in [3.8, 4) is 0 Å². The van der Waals surface area contributed by atoms with E-state index in [1.54, 1.807) is 0 Å². The van der Waals surface area contributed by atoms with E-state index in [-0.39, 0.29) is 17.1 Å². The molecule has 1 radical (unpaired) electrons. The van der Waals surface area contributed by atoms with Crippen molar-refractivity contribution >= 4 is 22.5 Å². The van der Waals surface area contributed by atoms with Crippen molar-refractivity contribution in [2.24, 2.45) is 9.98 Å². The zero-order chi connectivity index (χ0) is 19.5. The quantitative estimate of drug-likeness (QED) is 0.249. The van der Waals surface area contributed by atoms with E-state index in [0.29, 0.717) is 0 Å². The molecule has 0 amide bonds. The fraction of sp³-hybridized carbons (Fsp3) is 0.176. The van der Waals surface area contributed by atoms with Crippen LogP contribution in [0, 0.1) is 0 Å². The van der Waals surface area contributed by atoms with E-state index in [1.807, 2.05) is 73.1 Å². The summed E-state index contributed by atoms with van der Waals surface area (Å²) >= 11 is 0. The molecule has 2 rings (SSSR count). The van der Waals surface area contributed by atoms with Gasteiger partial charge >= 0.3 is 15.6 Å². The molecule has 0 bridgehead atoms. The molecular formula is C17H17CuF3N2O3S. The minimum Gasteiger partial charge on any atom is -0.291 e. The molecule has 0 unspecified atom stereocenters. The second kappa shape index (κ2) is 12.4. The number of halogens is 3. The molecule has 0 aromatic heterocycles. The second-order valence-electron chi connectivity index (χ2n) is 4.81. The van der Waals surface area contributed by atoms with Crippen molar-refractivity contribution in [2.75, 3.05) is 13.1 Å². The van der Waals surface area contributed by atoms with Crippen LogP contribution in [0.25, 0.3) is 0 Å². The van der Waals surface area contributed by atoms with Crippen molar-refractivity contribution < 1.29 is 43.2 Å². The van der Waals surface area contributed by atoms with Gasteiger partial charge in [-0.2, -0.15) is 21.6 Å². The first-order chi connectivity index (χ1) is 12.2. The maximum atomic E-state index is 10.7. The van der Waals surface area contributed by atoms with Crippen LogP contribution in [0.15, 0.2) is 70.6 Å². The molecule has 0 atom stereocenters. The third-order valence-electron chi connectivity index (χ3n) is 2.73. The van der Waals surface area contributed by atoms with Gasteiger partial charge < -0.3 is 0 Å². The Bertz CT molecular complexity index is 763. The van der Waals surface area contributed by atoms with Crippen molar-refractivity contribution in [3.63, 3.8) is 0 Å². The summed E-state index contributed by atoms with van der Waals surface area (Å²) in [4.78, 5) is 8.67. The third-order valence-corrected chi connectivity index (χ3v) is 3.32. The van der Waals surface area contributed by atoms with E-state index < -0.39 is 15.6 Å². The molecular weight excluding hydrogens is 433 g/mol. The first-order valence-corrected chi connectivity index (χ1v) is 8.77. The second-order valence-corrected chi connectivity index (χ2v) is 6.23. The van der Waals surface area contributed by atoms with Crippen LogP contribution < -0.4 is 0 Å². The van der Waals surface area contributed by atoms with E-state index >= 15 is 0 Å². The summed E-state index contributed by atoms with van der Waals surface area (Å²) in [6.07, 6.45) is 3.77. The molecule has 2 aromatic rings. The molecule has 1 N–H and O–H groups in total. The van der Waals surface area contributed by atoms with Crippen LogP contribution >= 0.6 is 0 Å².